The molecular weight excluding hydrogens is 344 g/mol. The molecule has 5 N–H and O–H groups in total. The molecule has 0 fully saturated rings. The van der Waals surface area contributed by atoms with Gasteiger partial charge in [0.25, 0.3) is 0 Å². The number of carbonyl (C=O) groups is 1. The van der Waals surface area contributed by atoms with Crippen LogP contribution in [0.25, 0.3) is 0 Å². The average molecular weight is 362 g/mol. The Labute approximate surface area is 145 Å². The van der Waals surface area contributed by atoms with Gasteiger partial charge in [0.05, 0.1) is 35.1 Å². The van der Waals surface area contributed by atoms with Crippen molar-refractivity contribution >= 4 is 32.8 Å². The number of rotatable bonds is 7. The number of hydrogen-bond acceptors (Lipinski definition) is 7. The van der Waals surface area contributed by atoms with Crippen LogP contribution in [0, 0.1) is 0 Å². The largest absolute Gasteiger partial charge is 0.397 e. The molecule has 0 radical (unpaired) electrons. The van der Waals surface area contributed by atoms with Crippen molar-refractivity contribution in [3.05, 3.63) is 48.0 Å². The fourth-order valence-electron chi connectivity index (χ4n) is 2.13. The van der Waals surface area contributed by atoms with E-state index < -0.39 is 22.4 Å². The highest BCUT2D eigenvalue weighted by Gasteiger charge is 2.13. The van der Waals surface area contributed by atoms with E-state index in [1.165, 1.54) is 24.3 Å². The number of azo groups is 1. The first kappa shape index (κ1) is 18.6. The molecular formula is C16H18N4O4S. The number of carbonyl (C=O) groups excluding carboxylic acids is 1. The molecule has 0 saturated carbocycles. The van der Waals surface area contributed by atoms with Gasteiger partial charge in [-0.25, -0.2) is 8.42 Å². The molecule has 2 aromatic rings. The number of amides is 1. The highest BCUT2D eigenvalue weighted by Crippen LogP contribution is 2.29. The van der Waals surface area contributed by atoms with Gasteiger partial charge in [0.2, 0.25) is 5.91 Å². The first-order valence-corrected chi connectivity index (χ1v) is 9.00. The van der Waals surface area contributed by atoms with E-state index in [0.29, 0.717) is 22.6 Å². The van der Waals surface area contributed by atoms with Crippen molar-refractivity contribution in [2.75, 3.05) is 18.1 Å². The molecule has 8 nitrogen and oxygen atoms in total. The summed E-state index contributed by atoms with van der Waals surface area (Å²) in [6.45, 7) is -0.445. The lowest BCUT2D eigenvalue weighted by atomic mass is 10.1. The predicted molar refractivity (Wildman–Crippen MR) is 93.5 cm³/mol. The number of nitrogen functional groups attached to an aromatic ring is 1. The second-order valence-electron chi connectivity index (χ2n) is 5.23. The SMILES string of the molecule is NC(=O)Cc1cccc(N)c1N=Nc1ccc(S(=O)(=O)CCO)cc1. The van der Waals surface area contributed by atoms with E-state index in [1.54, 1.807) is 18.2 Å². The van der Waals surface area contributed by atoms with Gasteiger partial charge in [-0.3, -0.25) is 4.79 Å². The molecule has 132 valence electrons. The molecule has 0 aliphatic heterocycles. The molecule has 0 aromatic heterocycles. The van der Waals surface area contributed by atoms with Crippen LogP contribution in [0.1, 0.15) is 5.56 Å². The molecule has 0 unspecified atom stereocenters. The first-order valence-electron chi connectivity index (χ1n) is 7.34. The molecule has 0 saturated heterocycles. The Kier molecular flexibility index (Phi) is 5.84. The number of anilines is 1. The number of aliphatic hydroxyl groups excluding tert-OH is 1. The molecule has 25 heavy (non-hydrogen) atoms. The maximum atomic E-state index is 11.8. The number of nitrogens with two attached hydrogens (primary N) is 2. The highest BCUT2D eigenvalue weighted by molar-refractivity contribution is 7.91. The van der Waals surface area contributed by atoms with Crippen molar-refractivity contribution in [3.8, 4) is 0 Å². The Balaban J connectivity index is 2.27. The summed E-state index contributed by atoms with van der Waals surface area (Å²) in [7, 11) is -3.51. The van der Waals surface area contributed by atoms with Crippen LogP contribution in [0.5, 0.6) is 0 Å². The third kappa shape index (κ3) is 4.85. The fraction of sp³-hybridized carbons (Fsp3) is 0.188. The zero-order valence-corrected chi connectivity index (χ0v) is 14.1. The fourth-order valence-corrected chi connectivity index (χ4v) is 3.16. The minimum atomic E-state index is -3.51. The van der Waals surface area contributed by atoms with Crippen LogP contribution >= 0.6 is 0 Å². The van der Waals surface area contributed by atoms with Gasteiger partial charge >= 0.3 is 0 Å². The van der Waals surface area contributed by atoms with E-state index in [1.807, 2.05) is 0 Å². The van der Waals surface area contributed by atoms with Gasteiger partial charge in [0.1, 0.15) is 5.69 Å². The summed E-state index contributed by atoms with van der Waals surface area (Å²) in [6, 6.07) is 10.7. The number of aliphatic hydroxyl groups is 1. The van der Waals surface area contributed by atoms with Crippen molar-refractivity contribution in [2.45, 2.75) is 11.3 Å². The van der Waals surface area contributed by atoms with Crippen molar-refractivity contribution in [1.29, 1.82) is 0 Å². The number of benzene rings is 2. The van der Waals surface area contributed by atoms with Crippen LogP contribution in [0.3, 0.4) is 0 Å². The number of sulfone groups is 1. The summed E-state index contributed by atoms with van der Waals surface area (Å²) in [6.07, 6.45) is -0.0161. The maximum Gasteiger partial charge on any atom is 0.221 e. The summed E-state index contributed by atoms with van der Waals surface area (Å²) in [5, 5.41) is 16.9. The summed E-state index contributed by atoms with van der Waals surface area (Å²) >= 11 is 0. The topological polar surface area (TPSA) is 148 Å². The van der Waals surface area contributed by atoms with Crippen LogP contribution in [0.2, 0.25) is 0 Å². The van der Waals surface area contributed by atoms with E-state index in [-0.39, 0.29) is 17.1 Å². The van der Waals surface area contributed by atoms with Gasteiger partial charge in [-0.05, 0) is 35.9 Å². The van der Waals surface area contributed by atoms with Crippen LogP contribution in [-0.4, -0.2) is 31.8 Å². The zero-order chi connectivity index (χ0) is 18.4. The Morgan fingerprint density at radius 2 is 1.76 bits per heavy atom. The summed E-state index contributed by atoms with van der Waals surface area (Å²) < 4.78 is 23.7. The molecule has 0 aliphatic rings. The summed E-state index contributed by atoms with van der Waals surface area (Å²) in [4.78, 5) is 11.2. The average Bonchev–Trinajstić information content (AvgIpc) is 2.54. The smallest absolute Gasteiger partial charge is 0.221 e. The standard InChI is InChI=1S/C16H18N4O4S/c17-14-3-1-2-11(10-15(18)22)16(14)20-19-12-4-6-13(7-5-12)25(23,24)9-8-21/h1-7,21H,8-10,17H2,(H2,18,22). The lowest BCUT2D eigenvalue weighted by molar-refractivity contribution is -0.117. The first-order chi connectivity index (χ1) is 11.8. The predicted octanol–water partition coefficient (Wildman–Crippen LogP) is 1.48. The molecule has 0 heterocycles. The number of hydrogen-bond donors (Lipinski definition) is 3. The molecule has 0 spiro atoms. The molecule has 2 rings (SSSR count). The third-order valence-electron chi connectivity index (χ3n) is 3.34. The lowest BCUT2D eigenvalue weighted by Crippen LogP contribution is -2.13. The minimum Gasteiger partial charge on any atom is -0.397 e. The molecule has 0 atom stereocenters. The number of nitrogens with zero attached hydrogens (tertiary/aromatic N) is 2. The molecule has 1 amide bonds. The molecule has 2 aromatic carbocycles. The third-order valence-corrected chi connectivity index (χ3v) is 5.05. The summed E-state index contributed by atoms with van der Waals surface area (Å²) in [5.74, 6) is -0.856. The van der Waals surface area contributed by atoms with Gasteiger partial charge in [-0.15, -0.1) is 5.11 Å². The Hall–Kier alpha value is -2.78. The molecule has 0 bridgehead atoms. The van der Waals surface area contributed by atoms with Gasteiger partial charge in [-0.2, -0.15) is 5.11 Å². The maximum absolute atomic E-state index is 11.8. The highest BCUT2D eigenvalue weighted by atomic mass is 32.2. The van der Waals surface area contributed by atoms with Crippen molar-refractivity contribution in [3.63, 3.8) is 0 Å². The Bertz CT molecular complexity index is 893. The van der Waals surface area contributed by atoms with Gasteiger partial charge in [0, 0.05) is 0 Å². The van der Waals surface area contributed by atoms with E-state index in [9.17, 15) is 13.2 Å². The van der Waals surface area contributed by atoms with E-state index >= 15 is 0 Å². The van der Waals surface area contributed by atoms with Gasteiger partial charge in [-0.1, -0.05) is 12.1 Å². The van der Waals surface area contributed by atoms with E-state index in [0.717, 1.165) is 0 Å². The Morgan fingerprint density at radius 1 is 1.08 bits per heavy atom. The van der Waals surface area contributed by atoms with Crippen molar-refractivity contribution < 1.29 is 18.3 Å². The van der Waals surface area contributed by atoms with Crippen LogP contribution < -0.4 is 11.5 Å². The monoisotopic (exact) mass is 362 g/mol. The minimum absolute atomic E-state index is 0.0161. The lowest BCUT2D eigenvalue weighted by Gasteiger charge is -2.06. The molecule has 0 aliphatic carbocycles. The van der Waals surface area contributed by atoms with Crippen molar-refractivity contribution in [2.24, 2.45) is 16.0 Å². The van der Waals surface area contributed by atoms with Crippen LogP contribution in [0.15, 0.2) is 57.6 Å². The second kappa shape index (κ2) is 7.86. The van der Waals surface area contributed by atoms with Crippen LogP contribution in [-0.2, 0) is 21.1 Å². The van der Waals surface area contributed by atoms with Crippen molar-refractivity contribution in [1.82, 2.24) is 0 Å². The number of primary amides is 1. The van der Waals surface area contributed by atoms with Gasteiger partial charge < -0.3 is 16.6 Å². The van der Waals surface area contributed by atoms with Crippen LogP contribution in [0.4, 0.5) is 17.1 Å². The van der Waals surface area contributed by atoms with E-state index in [4.69, 9.17) is 16.6 Å². The molecule has 9 heteroatoms. The normalized spacial score (nSPS) is 11.7. The van der Waals surface area contributed by atoms with E-state index in [2.05, 4.69) is 10.2 Å². The zero-order valence-electron chi connectivity index (χ0n) is 13.3. The summed E-state index contributed by atoms with van der Waals surface area (Å²) in [5.41, 5.74) is 12.7. The second-order valence-corrected chi connectivity index (χ2v) is 7.34. The quantitative estimate of drug-likeness (QED) is 0.504. The Morgan fingerprint density at radius 3 is 2.36 bits per heavy atom. The van der Waals surface area contributed by atoms with Gasteiger partial charge in [0.15, 0.2) is 9.84 Å².